The van der Waals surface area contributed by atoms with Gasteiger partial charge in [-0.2, -0.15) is 0 Å². The smallest absolute Gasteiger partial charge is 0.158 e. The van der Waals surface area contributed by atoms with Crippen LogP contribution in [0.2, 0.25) is 0 Å². The lowest BCUT2D eigenvalue weighted by molar-refractivity contribution is -0.134. The van der Waals surface area contributed by atoms with Gasteiger partial charge in [0.05, 0.1) is 5.92 Å². The normalized spacial score (nSPS) is 27.1. The van der Waals surface area contributed by atoms with Crippen LogP contribution < -0.4 is 0 Å². The first kappa shape index (κ1) is 8.40. The van der Waals surface area contributed by atoms with E-state index in [1.165, 1.54) is 6.92 Å². The van der Waals surface area contributed by atoms with Crippen molar-refractivity contribution in [3.63, 3.8) is 0 Å². The number of hydrogen-bond donors (Lipinski definition) is 1. The van der Waals surface area contributed by atoms with E-state index in [1.54, 1.807) is 0 Å². The Balaban J connectivity index is 2.59. The Morgan fingerprint density at radius 1 is 1.73 bits per heavy atom. The zero-order valence-electron chi connectivity index (χ0n) is 6.54. The minimum Gasteiger partial charge on any atom is -0.385 e. The quantitative estimate of drug-likeness (QED) is 0.625. The van der Waals surface area contributed by atoms with Gasteiger partial charge in [0.15, 0.2) is 5.78 Å². The van der Waals surface area contributed by atoms with Crippen LogP contribution in [0.25, 0.3) is 0 Å². The summed E-state index contributed by atoms with van der Waals surface area (Å²) in [5.41, 5.74) is 0. The number of aliphatic hydroxyl groups is 1. The molecule has 11 heavy (non-hydrogen) atoms. The van der Waals surface area contributed by atoms with E-state index in [4.69, 9.17) is 0 Å². The van der Waals surface area contributed by atoms with E-state index in [2.05, 4.69) is 0 Å². The van der Waals surface area contributed by atoms with Crippen LogP contribution in [0.4, 0.5) is 0 Å². The average molecular weight is 156 g/mol. The SMILES string of the molecule is CC(=O)[C@H](O)[C@H]1CCCC1=O. The maximum atomic E-state index is 11.0. The Bertz CT molecular complexity index is 186. The Hall–Kier alpha value is -0.700. The van der Waals surface area contributed by atoms with E-state index >= 15 is 0 Å². The zero-order valence-corrected chi connectivity index (χ0v) is 6.54. The summed E-state index contributed by atoms with van der Waals surface area (Å²) >= 11 is 0. The molecule has 2 atom stereocenters. The van der Waals surface area contributed by atoms with Crippen LogP contribution in [0.1, 0.15) is 26.2 Å². The van der Waals surface area contributed by atoms with Gasteiger partial charge in [-0.1, -0.05) is 0 Å². The van der Waals surface area contributed by atoms with Crippen molar-refractivity contribution in [1.82, 2.24) is 0 Å². The van der Waals surface area contributed by atoms with Crippen molar-refractivity contribution in [2.24, 2.45) is 5.92 Å². The van der Waals surface area contributed by atoms with Gasteiger partial charge in [0, 0.05) is 6.42 Å². The molecular weight excluding hydrogens is 144 g/mol. The first-order valence-corrected chi connectivity index (χ1v) is 3.84. The lowest BCUT2D eigenvalue weighted by Crippen LogP contribution is -2.30. The molecule has 0 aromatic rings. The molecule has 1 fully saturated rings. The van der Waals surface area contributed by atoms with Crippen LogP contribution in [-0.2, 0) is 9.59 Å². The second-order valence-corrected chi connectivity index (χ2v) is 3.02. The third-order valence-electron chi connectivity index (χ3n) is 2.15. The molecule has 0 bridgehead atoms. The monoisotopic (exact) mass is 156 g/mol. The lowest BCUT2D eigenvalue weighted by atomic mass is 9.97. The summed E-state index contributed by atoms with van der Waals surface area (Å²) in [7, 11) is 0. The van der Waals surface area contributed by atoms with E-state index in [9.17, 15) is 14.7 Å². The molecule has 0 aromatic carbocycles. The van der Waals surface area contributed by atoms with Crippen LogP contribution in [0, 0.1) is 5.92 Å². The number of hydrogen-bond acceptors (Lipinski definition) is 3. The lowest BCUT2D eigenvalue weighted by Gasteiger charge is -2.12. The van der Waals surface area contributed by atoms with Crippen LogP contribution >= 0.6 is 0 Å². The molecule has 1 N–H and O–H groups in total. The number of rotatable bonds is 2. The summed E-state index contributed by atoms with van der Waals surface area (Å²) in [4.78, 5) is 21.7. The number of Topliss-reactive ketones (excluding diaryl/α,β-unsaturated/α-hetero) is 2. The fourth-order valence-corrected chi connectivity index (χ4v) is 1.46. The molecule has 1 saturated carbocycles. The predicted octanol–water partition coefficient (Wildman–Crippen LogP) is 0.305. The van der Waals surface area contributed by atoms with E-state index in [0.29, 0.717) is 12.8 Å². The molecule has 1 aliphatic rings. The van der Waals surface area contributed by atoms with Gasteiger partial charge in [-0.3, -0.25) is 9.59 Å². The minimum atomic E-state index is -1.05. The van der Waals surface area contributed by atoms with Crippen LogP contribution in [0.5, 0.6) is 0 Å². The zero-order chi connectivity index (χ0) is 8.43. The number of carbonyl (C=O) groups is 2. The summed E-state index contributed by atoms with van der Waals surface area (Å²) in [5, 5.41) is 9.23. The van der Waals surface area contributed by atoms with E-state index in [0.717, 1.165) is 6.42 Å². The second kappa shape index (κ2) is 3.13. The standard InChI is InChI=1S/C8H12O3/c1-5(9)8(11)6-3-2-4-7(6)10/h6,8,11H,2-4H2,1H3/t6-,8-/m0/s1. The van der Waals surface area contributed by atoms with Crippen molar-refractivity contribution in [1.29, 1.82) is 0 Å². The van der Waals surface area contributed by atoms with Crippen molar-refractivity contribution in [3.8, 4) is 0 Å². The van der Waals surface area contributed by atoms with Gasteiger partial charge in [0.1, 0.15) is 11.9 Å². The largest absolute Gasteiger partial charge is 0.385 e. The molecule has 0 unspecified atom stereocenters. The van der Waals surface area contributed by atoms with Gasteiger partial charge < -0.3 is 5.11 Å². The van der Waals surface area contributed by atoms with Gasteiger partial charge in [0.25, 0.3) is 0 Å². The third-order valence-corrected chi connectivity index (χ3v) is 2.15. The van der Waals surface area contributed by atoms with Gasteiger partial charge in [-0.15, -0.1) is 0 Å². The molecule has 0 aliphatic heterocycles. The molecule has 0 spiro atoms. The van der Waals surface area contributed by atoms with Crippen LogP contribution in [0.3, 0.4) is 0 Å². The van der Waals surface area contributed by atoms with Gasteiger partial charge in [-0.05, 0) is 19.8 Å². The maximum absolute atomic E-state index is 11.0. The summed E-state index contributed by atoms with van der Waals surface area (Å²) in [6.07, 6.45) is 0.951. The minimum absolute atomic E-state index is 0.0349. The highest BCUT2D eigenvalue weighted by atomic mass is 16.3. The molecular formula is C8H12O3. The average Bonchev–Trinajstić information content (AvgIpc) is 2.33. The van der Waals surface area contributed by atoms with Crippen molar-refractivity contribution >= 4 is 11.6 Å². The molecule has 0 amide bonds. The van der Waals surface area contributed by atoms with Gasteiger partial charge in [0.2, 0.25) is 0 Å². The van der Waals surface area contributed by atoms with E-state index < -0.39 is 12.0 Å². The summed E-state index contributed by atoms with van der Waals surface area (Å²) in [6, 6.07) is 0. The third kappa shape index (κ3) is 1.66. The highest BCUT2D eigenvalue weighted by molar-refractivity contribution is 5.91. The van der Waals surface area contributed by atoms with Crippen molar-refractivity contribution in [2.75, 3.05) is 0 Å². The first-order chi connectivity index (χ1) is 5.13. The number of aliphatic hydroxyl groups excluding tert-OH is 1. The summed E-state index contributed by atoms with van der Waals surface area (Å²) in [6.45, 7) is 1.32. The Morgan fingerprint density at radius 2 is 2.36 bits per heavy atom. The van der Waals surface area contributed by atoms with Crippen LogP contribution in [0.15, 0.2) is 0 Å². The summed E-state index contributed by atoms with van der Waals surface area (Å²) < 4.78 is 0. The van der Waals surface area contributed by atoms with Crippen molar-refractivity contribution in [2.45, 2.75) is 32.3 Å². The molecule has 0 aromatic heterocycles. The van der Waals surface area contributed by atoms with E-state index in [1.807, 2.05) is 0 Å². The maximum Gasteiger partial charge on any atom is 0.158 e. The Morgan fingerprint density at radius 3 is 2.73 bits per heavy atom. The molecule has 3 heteroatoms. The Labute approximate surface area is 65.4 Å². The highest BCUT2D eigenvalue weighted by Crippen LogP contribution is 2.24. The molecule has 1 rings (SSSR count). The van der Waals surface area contributed by atoms with Crippen molar-refractivity contribution in [3.05, 3.63) is 0 Å². The van der Waals surface area contributed by atoms with Gasteiger partial charge in [-0.25, -0.2) is 0 Å². The predicted molar refractivity (Wildman–Crippen MR) is 39.0 cm³/mol. The summed E-state index contributed by atoms with van der Waals surface area (Å²) in [5.74, 6) is -0.676. The molecule has 62 valence electrons. The first-order valence-electron chi connectivity index (χ1n) is 3.84. The number of carbonyl (C=O) groups excluding carboxylic acids is 2. The fourth-order valence-electron chi connectivity index (χ4n) is 1.46. The van der Waals surface area contributed by atoms with Crippen molar-refractivity contribution < 1.29 is 14.7 Å². The van der Waals surface area contributed by atoms with E-state index in [-0.39, 0.29) is 11.6 Å². The number of ketones is 2. The topological polar surface area (TPSA) is 54.4 Å². The van der Waals surface area contributed by atoms with Gasteiger partial charge >= 0.3 is 0 Å². The fraction of sp³-hybridized carbons (Fsp3) is 0.750. The molecule has 0 heterocycles. The van der Waals surface area contributed by atoms with Crippen LogP contribution in [-0.4, -0.2) is 22.8 Å². The molecule has 1 aliphatic carbocycles. The second-order valence-electron chi connectivity index (χ2n) is 3.02. The molecule has 0 radical (unpaired) electrons. The molecule has 0 saturated heterocycles. The highest BCUT2D eigenvalue weighted by Gasteiger charge is 2.32. The molecule has 3 nitrogen and oxygen atoms in total. The Kier molecular flexibility index (Phi) is 2.39.